The Morgan fingerprint density at radius 1 is 0.952 bits per heavy atom. The summed E-state index contributed by atoms with van der Waals surface area (Å²) < 4.78 is 11.3. The van der Waals surface area contributed by atoms with Crippen LogP contribution < -0.4 is 26.6 Å². The molecule has 9 atom stereocenters. The molecule has 1 aromatic carbocycles. The predicted octanol–water partition coefficient (Wildman–Crippen LogP) is -2.64. The van der Waals surface area contributed by atoms with E-state index in [9.17, 15) is 54.0 Å². The molecule has 2 aromatic heterocycles. The summed E-state index contributed by atoms with van der Waals surface area (Å²) in [5.41, 5.74) is 1.56. The highest BCUT2D eigenvalue weighted by atomic mass is 16.6. The van der Waals surface area contributed by atoms with Crippen LogP contribution in [-0.2, 0) is 44.8 Å². The lowest BCUT2D eigenvalue weighted by atomic mass is 9.95. The van der Waals surface area contributed by atoms with E-state index in [1.165, 1.54) is 31.7 Å². The first-order chi connectivity index (χ1) is 30.0. The zero-order chi connectivity index (χ0) is 45.5. The van der Waals surface area contributed by atoms with Crippen molar-refractivity contribution in [3.05, 3.63) is 54.6 Å². The third-order valence-corrected chi connectivity index (χ3v) is 10.6. The van der Waals surface area contributed by atoms with Crippen LogP contribution in [-0.4, -0.2) is 166 Å². The quantitative estimate of drug-likeness (QED) is 0.0658. The van der Waals surface area contributed by atoms with Crippen LogP contribution in [0, 0.1) is 5.92 Å². The van der Waals surface area contributed by atoms with Crippen LogP contribution in [0.3, 0.4) is 0 Å². The van der Waals surface area contributed by atoms with Gasteiger partial charge in [0, 0.05) is 37.2 Å². The summed E-state index contributed by atoms with van der Waals surface area (Å²) in [5.74, 6) is -3.79. The molecule has 2 saturated heterocycles. The third-order valence-electron chi connectivity index (χ3n) is 10.6. The molecule has 0 spiro atoms. The number of rotatable bonds is 16. The van der Waals surface area contributed by atoms with Gasteiger partial charge in [-0.1, -0.05) is 26.0 Å². The lowest BCUT2D eigenvalue weighted by Crippen LogP contribution is -2.67. The number of hydrogen-bond acceptors (Lipinski definition) is 17. The zero-order valence-corrected chi connectivity index (χ0v) is 34.3. The van der Waals surface area contributed by atoms with Gasteiger partial charge >= 0.3 is 6.09 Å². The van der Waals surface area contributed by atoms with Crippen LogP contribution in [0.4, 0.5) is 16.3 Å². The number of fused-ring (bicyclic) bond motifs is 1. The highest BCUT2D eigenvalue weighted by Crippen LogP contribution is 2.26. The first-order valence-electron chi connectivity index (χ1n) is 20.0. The molecule has 24 nitrogen and oxygen atoms in total. The van der Waals surface area contributed by atoms with Crippen molar-refractivity contribution in [3.8, 4) is 0 Å². The van der Waals surface area contributed by atoms with Gasteiger partial charge < -0.3 is 61.5 Å². The molecule has 338 valence electrons. The van der Waals surface area contributed by atoms with E-state index in [0.29, 0.717) is 22.4 Å². The number of aliphatic hydroxyl groups excluding tert-OH is 4. The van der Waals surface area contributed by atoms with Crippen molar-refractivity contribution in [1.82, 2.24) is 45.7 Å². The number of aromatic nitrogens is 4. The number of nitrogens with zero attached hydrogens (tertiary/aromatic N) is 5. The minimum atomic E-state index is -1.66. The Morgan fingerprint density at radius 2 is 1.67 bits per heavy atom. The van der Waals surface area contributed by atoms with Gasteiger partial charge in [0.05, 0.1) is 31.6 Å². The summed E-state index contributed by atoms with van der Waals surface area (Å²) in [6, 6.07) is 1.57. The molecule has 0 radical (unpaired) electrons. The Labute approximate surface area is 358 Å². The second kappa shape index (κ2) is 20.1. The zero-order valence-electron chi connectivity index (χ0n) is 34.3. The highest BCUT2D eigenvalue weighted by Gasteiger charge is 2.48. The number of nitrogens with one attached hydrogen (secondary N) is 6. The highest BCUT2D eigenvalue weighted by molar-refractivity contribution is 6.13. The van der Waals surface area contributed by atoms with Gasteiger partial charge in [0.25, 0.3) is 11.8 Å². The first kappa shape index (κ1) is 45.9. The number of ether oxygens (including phenoxy) is 2. The van der Waals surface area contributed by atoms with Crippen LogP contribution in [0.2, 0.25) is 0 Å². The van der Waals surface area contributed by atoms with E-state index in [2.05, 4.69) is 46.5 Å². The number of β-amino-alcohol motifs (C(OH)–C–C–N with tert-alkyl or cyclic N) is 1. The maximum absolute atomic E-state index is 13.5. The number of aromatic amines is 1. The molecule has 3 aliphatic heterocycles. The van der Waals surface area contributed by atoms with E-state index in [4.69, 9.17) is 9.47 Å². The van der Waals surface area contributed by atoms with Crippen molar-refractivity contribution >= 4 is 64.2 Å². The molecule has 2 fully saturated rings. The van der Waals surface area contributed by atoms with Crippen LogP contribution >= 0.6 is 0 Å². The maximum Gasteiger partial charge on any atom is 0.410 e. The fourth-order valence-electron chi connectivity index (χ4n) is 7.13. The normalized spacial score (nSPS) is 24.3. The van der Waals surface area contributed by atoms with Crippen molar-refractivity contribution in [3.63, 3.8) is 0 Å². The Morgan fingerprint density at radius 3 is 2.35 bits per heavy atom. The van der Waals surface area contributed by atoms with E-state index in [1.54, 1.807) is 26.0 Å². The molecular formula is C39H49N11O13. The molecule has 0 unspecified atom stereocenters. The van der Waals surface area contributed by atoms with Crippen LogP contribution in [0.25, 0.3) is 11.2 Å². The smallest absolute Gasteiger partial charge is 0.410 e. The first-order valence-corrected chi connectivity index (χ1v) is 20.0. The number of carbonyl (C=O) groups is 7. The molecule has 3 aliphatic rings. The van der Waals surface area contributed by atoms with Crippen molar-refractivity contribution in [1.29, 1.82) is 0 Å². The largest absolute Gasteiger partial charge is 0.445 e. The molecule has 24 heteroatoms. The van der Waals surface area contributed by atoms with Crippen molar-refractivity contribution in [2.75, 3.05) is 30.3 Å². The summed E-state index contributed by atoms with van der Waals surface area (Å²) >= 11 is 0. The second-order valence-electron chi connectivity index (χ2n) is 15.5. The van der Waals surface area contributed by atoms with E-state index in [0.717, 1.165) is 22.0 Å². The number of imide groups is 1. The lowest BCUT2D eigenvalue weighted by molar-refractivity contribution is -0.185. The molecular weight excluding hydrogens is 830 g/mol. The Balaban J connectivity index is 0.963. The number of carbonyl (C=O) groups excluding carboxylic acids is 7. The summed E-state index contributed by atoms with van der Waals surface area (Å²) in [6.07, 6.45) is -3.36. The second-order valence-corrected chi connectivity index (χ2v) is 15.5. The summed E-state index contributed by atoms with van der Waals surface area (Å²) in [6.45, 7) is 3.52. The maximum atomic E-state index is 13.5. The minimum Gasteiger partial charge on any atom is -0.445 e. The molecule has 3 aromatic rings. The molecule has 63 heavy (non-hydrogen) atoms. The third kappa shape index (κ3) is 10.9. The molecule has 0 saturated carbocycles. The minimum absolute atomic E-state index is 0.154. The number of imidazole rings is 1. The molecule has 6 rings (SSSR count). The molecule has 5 heterocycles. The van der Waals surface area contributed by atoms with Crippen LogP contribution in [0.5, 0.6) is 0 Å². The monoisotopic (exact) mass is 879 g/mol. The van der Waals surface area contributed by atoms with Gasteiger partial charge in [-0.15, -0.1) is 0 Å². The number of amides is 7. The topological polar surface area (TPSA) is 340 Å². The lowest BCUT2D eigenvalue weighted by Gasteiger charge is -2.43. The number of likely N-dealkylation sites (tertiary alicyclic amines) is 1. The van der Waals surface area contributed by atoms with Gasteiger partial charge in [0.2, 0.25) is 23.6 Å². The summed E-state index contributed by atoms with van der Waals surface area (Å²) in [7, 11) is 0. The number of anilines is 2. The van der Waals surface area contributed by atoms with E-state index in [-0.39, 0.29) is 44.3 Å². The molecule has 10 N–H and O–H groups in total. The van der Waals surface area contributed by atoms with Gasteiger partial charge in [0.15, 0.2) is 17.7 Å². The van der Waals surface area contributed by atoms with Crippen molar-refractivity contribution in [2.24, 2.45) is 5.92 Å². The number of H-pyrrole nitrogens is 1. The van der Waals surface area contributed by atoms with Crippen molar-refractivity contribution in [2.45, 2.75) is 95.0 Å². The standard InChI is InChI=1S/C39H49N11O13/c1-18(2)28(46-25(53)10-11-49-26(54)8-9-27(49)55)37(60)44-19(3)35(58)45-21-6-4-20(5-7-21)15-62-39(61)50-13-22(52)12-23(50)36(59)47-29-24(14-51)63-38(32(57)31(29)56)48-34-30-33(41-16-40-30)42-17-43-34/h4-9,16-19,22-24,28-29,31-32,38,51-52,56-57H,10-15H2,1-3H3,(H,44,60)(H,45,58)(H,46,53)(H,47,59)(H2,40,41,42,43,48)/t19-,22-,23+,24-,28-,29-,31+,32-,38-/m0/s1. The summed E-state index contributed by atoms with van der Waals surface area (Å²) in [5, 5.41) is 55.8. The Bertz CT molecular complexity index is 2200. The van der Waals surface area contributed by atoms with Crippen molar-refractivity contribution < 1.29 is 63.5 Å². The van der Waals surface area contributed by atoms with Gasteiger partial charge in [-0.2, -0.15) is 0 Å². The Kier molecular flexibility index (Phi) is 14.6. The van der Waals surface area contributed by atoms with Gasteiger partial charge in [0.1, 0.15) is 54.9 Å². The van der Waals surface area contributed by atoms with E-state index >= 15 is 0 Å². The molecule has 0 bridgehead atoms. The number of hydrogen-bond donors (Lipinski definition) is 10. The van der Waals surface area contributed by atoms with Crippen LogP contribution in [0.1, 0.15) is 39.2 Å². The predicted molar refractivity (Wildman–Crippen MR) is 216 cm³/mol. The van der Waals surface area contributed by atoms with Gasteiger partial charge in [-0.05, 0) is 30.5 Å². The number of benzene rings is 1. The van der Waals surface area contributed by atoms with Crippen LogP contribution in [0.15, 0.2) is 49.1 Å². The molecule has 7 amide bonds. The Hall–Kier alpha value is -6.60. The fourth-order valence-corrected chi connectivity index (χ4v) is 7.13. The summed E-state index contributed by atoms with van der Waals surface area (Å²) in [4.78, 5) is 106. The average Bonchev–Trinajstić information content (AvgIpc) is 3.99. The van der Waals surface area contributed by atoms with Gasteiger partial charge in [-0.25, -0.2) is 19.7 Å². The average molecular weight is 880 g/mol. The van der Waals surface area contributed by atoms with E-state index in [1.807, 2.05) is 0 Å². The van der Waals surface area contributed by atoms with E-state index < -0.39 is 103 Å². The van der Waals surface area contributed by atoms with Gasteiger partial charge in [-0.3, -0.25) is 38.6 Å². The number of aliphatic hydroxyl groups is 4. The molecule has 0 aliphatic carbocycles. The SMILES string of the molecule is CC(C)[C@H](NC(=O)CCN1C(=O)C=CC1=O)C(=O)N[C@@H](C)C(=O)Nc1ccc(COC(=O)N2C[C@@H](O)C[C@@H]2C(=O)N[C@@H]2[C@@H](O)[C@H](O)[C@@H](Nc3ncnc4nc[nH]c34)O[C@H]2CO)cc1. The fraction of sp³-hybridized carbons (Fsp3) is 0.487.